The minimum Gasteiger partial charge on any atom is -0.481 e. The normalized spacial score (nSPS) is 16.2. The third-order valence-electron chi connectivity index (χ3n) is 5.89. The van der Waals surface area contributed by atoms with E-state index in [9.17, 15) is 4.79 Å². The molecule has 0 saturated carbocycles. The van der Waals surface area contributed by atoms with Gasteiger partial charge in [-0.15, -0.1) is 0 Å². The van der Waals surface area contributed by atoms with Crippen LogP contribution in [0.2, 0.25) is 0 Å². The Hall–Kier alpha value is -2.49. The molecule has 0 saturated heterocycles. The van der Waals surface area contributed by atoms with Gasteiger partial charge in [0.15, 0.2) is 6.10 Å². The molecule has 0 spiro atoms. The second-order valence-corrected chi connectivity index (χ2v) is 7.91. The van der Waals surface area contributed by atoms with Gasteiger partial charge >= 0.3 is 0 Å². The highest BCUT2D eigenvalue weighted by atomic mass is 16.5. The molecule has 0 aromatic heterocycles. The highest BCUT2D eigenvalue weighted by Gasteiger charge is 2.19. The Kier molecular flexibility index (Phi) is 5.84. The molecule has 0 fully saturated rings. The van der Waals surface area contributed by atoms with Gasteiger partial charge in [-0.1, -0.05) is 24.3 Å². The smallest absolute Gasteiger partial charge is 0.260 e. The molecule has 4 rings (SSSR count). The fraction of sp³-hybridized carbons (Fsp3) is 0.458. The van der Waals surface area contributed by atoms with Crippen molar-refractivity contribution in [2.75, 3.05) is 24.5 Å². The second-order valence-electron chi connectivity index (χ2n) is 7.91. The van der Waals surface area contributed by atoms with Crippen LogP contribution in [0, 0.1) is 0 Å². The average Bonchev–Trinajstić information content (AvgIpc) is 3.14. The number of fused-ring (bicyclic) bond motifs is 2. The lowest BCUT2D eigenvalue weighted by atomic mass is 9.92. The van der Waals surface area contributed by atoms with Crippen LogP contribution in [-0.4, -0.2) is 31.6 Å². The minimum atomic E-state index is -0.478. The first kappa shape index (κ1) is 18.9. The molecule has 1 aliphatic carbocycles. The molecule has 1 amide bonds. The third-order valence-corrected chi connectivity index (χ3v) is 5.89. The number of para-hydroxylation sites is 1. The van der Waals surface area contributed by atoms with Crippen LogP contribution in [0.15, 0.2) is 42.5 Å². The van der Waals surface area contributed by atoms with E-state index < -0.39 is 6.10 Å². The first-order chi connectivity index (χ1) is 13.7. The summed E-state index contributed by atoms with van der Waals surface area (Å²) < 4.78 is 5.90. The van der Waals surface area contributed by atoms with Crippen molar-refractivity contribution in [1.82, 2.24) is 5.32 Å². The molecular weight excluding hydrogens is 348 g/mol. The zero-order valence-corrected chi connectivity index (χ0v) is 16.7. The molecule has 1 unspecified atom stereocenters. The molecule has 1 N–H and O–H groups in total. The van der Waals surface area contributed by atoms with E-state index in [0.29, 0.717) is 6.54 Å². The maximum absolute atomic E-state index is 12.4. The molecule has 28 heavy (non-hydrogen) atoms. The third kappa shape index (κ3) is 4.32. The van der Waals surface area contributed by atoms with E-state index in [4.69, 9.17) is 4.74 Å². The summed E-state index contributed by atoms with van der Waals surface area (Å²) in [5.41, 5.74) is 5.58. The Bertz CT molecular complexity index is 833. The number of anilines is 1. The monoisotopic (exact) mass is 378 g/mol. The van der Waals surface area contributed by atoms with E-state index in [1.54, 1.807) is 0 Å². The van der Waals surface area contributed by atoms with Crippen molar-refractivity contribution in [3.63, 3.8) is 0 Å². The molecule has 2 aromatic rings. The SMILES string of the molecule is CC(Oc1ccc2c(c1)CCCC2)C(=O)NCCCN1CCc2ccccc21. The Balaban J connectivity index is 1.21. The van der Waals surface area contributed by atoms with Gasteiger partial charge in [-0.05, 0) is 80.3 Å². The lowest BCUT2D eigenvalue weighted by Gasteiger charge is -2.20. The molecule has 2 aromatic carbocycles. The van der Waals surface area contributed by atoms with Crippen LogP contribution < -0.4 is 15.0 Å². The van der Waals surface area contributed by atoms with Crippen LogP contribution >= 0.6 is 0 Å². The van der Waals surface area contributed by atoms with Gasteiger partial charge in [-0.2, -0.15) is 0 Å². The quantitative estimate of drug-likeness (QED) is 0.743. The summed E-state index contributed by atoms with van der Waals surface area (Å²) in [5, 5.41) is 3.02. The average molecular weight is 379 g/mol. The maximum Gasteiger partial charge on any atom is 0.260 e. The van der Waals surface area contributed by atoms with Crippen LogP contribution in [0.3, 0.4) is 0 Å². The summed E-state index contributed by atoms with van der Waals surface area (Å²) in [6, 6.07) is 14.9. The first-order valence-electron chi connectivity index (χ1n) is 10.6. The van der Waals surface area contributed by atoms with E-state index >= 15 is 0 Å². The van der Waals surface area contributed by atoms with E-state index in [0.717, 1.165) is 44.5 Å². The molecule has 2 aliphatic rings. The van der Waals surface area contributed by atoms with Crippen molar-refractivity contribution in [3.05, 3.63) is 59.2 Å². The zero-order chi connectivity index (χ0) is 19.3. The van der Waals surface area contributed by atoms with Crippen LogP contribution in [0.1, 0.15) is 42.9 Å². The lowest BCUT2D eigenvalue weighted by Crippen LogP contribution is -2.37. The fourth-order valence-corrected chi connectivity index (χ4v) is 4.30. The number of benzene rings is 2. The van der Waals surface area contributed by atoms with E-state index in [1.807, 2.05) is 13.0 Å². The Morgan fingerprint density at radius 3 is 2.79 bits per heavy atom. The van der Waals surface area contributed by atoms with Gasteiger partial charge < -0.3 is 15.0 Å². The van der Waals surface area contributed by atoms with Crippen molar-refractivity contribution < 1.29 is 9.53 Å². The standard InChI is InChI=1S/C24H30N2O2/c1-18(28-22-12-11-19-7-2-3-9-21(19)17-22)24(27)25-14-6-15-26-16-13-20-8-4-5-10-23(20)26/h4-5,8,10-12,17-18H,2-3,6-7,9,13-16H2,1H3,(H,25,27). The topological polar surface area (TPSA) is 41.6 Å². The Labute approximate surface area is 167 Å². The summed E-state index contributed by atoms with van der Waals surface area (Å²) in [4.78, 5) is 14.8. The van der Waals surface area contributed by atoms with Crippen molar-refractivity contribution >= 4 is 11.6 Å². The molecule has 4 heteroatoms. The first-order valence-corrected chi connectivity index (χ1v) is 10.6. The molecule has 1 atom stereocenters. The Morgan fingerprint density at radius 1 is 1.07 bits per heavy atom. The van der Waals surface area contributed by atoms with E-state index in [1.165, 1.54) is 35.2 Å². The predicted molar refractivity (Wildman–Crippen MR) is 113 cm³/mol. The number of rotatable bonds is 7. The number of carbonyl (C=O) groups is 1. The van der Waals surface area contributed by atoms with Gasteiger partial charge in [0.05, 0.1) is 0 Å². The van der Waals surface area contributed by atoms with Crippen LogP contribution in [-0.2, 0) is 24.1 Å². The number of aryl methyl sites for hydroxylation is 2. The van der Waals surface area contributed by atoms with E-state index in [2.05, 4.69) is 46.6 Å². The molecule has 148 valence electrons. The van der Waals surface area contributed by atoms with Crippen LogP contribution in [0.25, 0.3) is 0 Å². The number of nitrogens with zero attached hydrogens (tertiary/aromatic N) is 1. The fourth-order valence-electron chi connectivity index (χ4n) is 4.30. The van der Waals surface area contributed by atoms with Gasteiger partial charge in [0.25, 0.3) is 5.91 Å². The number of hydrogen-bond acceptors (Lipinski definition) is 3. The summed E-state index contributed by atoms with van der Waals surface area (Å²) >= 11 is 0. The highest BCUT2D eigenvalue weighted by molar-refractivity contribution is 5.80. The van der Waals surface area contributed by atoms with Crippen molar-refractivity contribution in [2.24, 2.45) is 0 Å². The van der Waals surface area contributed by atoms with Crippen molar-refractivity contribution in [3.8, 4) is 5.75 Å². The molecule has 0 radical (unpaired) electrons. The van der Waals surface area contributed by atoms with Crippen molar-refractivity contribution in [2.45, 2.75) is 51.6 Å². The maximum atomic E-state index is 12.4. The lowest BCUT2D eigenvalue weighted by molar-refractivity contribution is -0.127. The summed E-state index contributed by atoms with van der Waals surface area (Å²) in [6.07, 6.45) is 6.37. The molecule has 1 aliphatic heterocycles. The van der Waals surface area contributed by atoms with Gasteiger partial charge in [-0.3, -0.25) is 4.79 Å². The summed E-state index contributed by atoms with van der Waals surface area (Å²) in [7, 11) is 0. The van der Waals surface area contributed by atoms with Crippen molar-refractivity contribution in [1.29, 1.82) is 0 Å². The van der Waals surface area contributed by atoms with Gasteiger partial charge in [0, 0.05) is 25.3 Å². The minimum absolute atomic E-state index is 0.0421. The highest BCUT2D eigenvalue weighted by Crippen LogP contribution is 2.27. The summed E-state index contributed by atoms with van der Waals surface area (Å²) in [6.45, 7) is 4.55. The molecule has 1 heterocycles. The second kappa shape index (κ2) is 8.68. The zero-order valence-electron chi connectivity index (χ0n) is 16.7. The largest absolute Gasteiger partial charge is 0.481 e. The van der Waals surface area contributed by atoms with Crippen LogP contribution in [0.4, 0.5) is 5.69 Å². The van der Waals surface area contributed by atoms with E-state index in [-0.39, 0.29) is 5.91 Å². The van der Waals surface area contributed by atoms with Gasteiger partial charge in [0.1, 0.15) is 5.75 Å². The van der Waals surface area contributed by atoms with Gasteiger partial charge in [0.2, 0.25) is 0 Å². The predicted octanol–water partition coefficient (Wildman–Crippen LogP) is 3.90. The molecule has 4 nitrogen and oxygen atoms in total. The summed E-state index contributed by atoms with van der Waals surface area (Å²) in [5.74, 6) is 0.761. The van der Waals surface area contributed by atoms with Gasteiger partial charge in [-0.25, -0.2) is 0 Å². The number of nitrogens with one attached hydrogen (secondary N) is 1. The number of carbonyl (C=O) groups excluding carboxylic acids is 1. The molecule has 0 bridgehead atoms. The number of ether oxygens (including phenoxy) is 1. The number of amides is 1. The molecular formula is C24H30N2O2. The van der Waals surface area contributed by atoms with Crippen LogP contribution in [0.5, 0.6) is 5.75 Å². The number of hydrogen-bond donors (Lipinski definition) is 1. The Morgan fingerprint density at radius 2 is 1.89 bits per heavy atom.